The predicted octanol–water partition coefficient (Wildman–Crippen LogP) is 2.85. The molecule has 2 aromatic rings. The smallest absolute Gasteiger partial charge is 0.272 e. The summed E-state index contributed by atoms with van der Waals surface area (Å²) in [4.78, 5) is 16.8. The lowest BCUT2D eigenvalue weighted by molar-refractivity contribution is -0.126. The third kappa shape index (κ3) is 3.55. The van der Waals surface area contributed by atoms with Crippen LogP contribution in [0, 0.1) is 23.7 Å². The minimum atomic E-state index is -0.733. The summed E-state index contributed by atoms with van der Waals surface area (Å²) >= 11 is 1.28. The Morgan fingerprint density at radius 2 is 2.28 bits per heavy atom. The van der Waals surface area contributed by atoms with E-state index in [2.05, 4.69) is 22.3 Å². The van der Waals surface area contributed by atoms with E-state index in [0.717, 1.165) is 17.3 Å². The number of pyridine rings is 1. The van der Waals surface area contributed by atoms with Gasteiger partial charge in [0.2, 0.25) is 5.44 Å². The lowest BCUT2D eigenvalue weighted by atomic mass is 9.78. The van der Waals surface area contributed by atoms with E-state index in [-0.39, 0.29) is 5.91 Å². The zero-order valence-corrected chi connectivity index (χ0v) is 14.6. The van der Waals surface area contributed by atoms with Crippen molar-refractivity contribution in [2.75, 3.05) is 6.26 Å². The maximum atomic E-state index is 12.5. The molecule has 3 rings (SSSR count). The van der Waals surface area contributed by atoms with Gasteiger partial charge in [0.15, 0.2) is 0 Å². The number of carbonyl (C=O) groups is 1. The van der Waals surface area contributed by atoms with Gasteiger partial charge >= 0.3 is 0 Å². The maximum Gasteiger partial charge on any atom is 0.272 e. The Bertz CT molecular complexity index is 894. The molecule has 1 atom stereocenters. The number of thioether (sulfide) groups is 1. The van der Waals surface area contributed by atoms with Gasteiger partial charge in [-0.2, -0.15) is 5.26 Å². The number of hydrogen-bond acceptors (Lipinski definition) is 5. The van der Waals surface area contributed by atoms with Crippen molar-refractivity contribution in [3.05, 3.63) is 36.0 Å². The number of nitrogens with zero attached hydrogens (tertiary/aromatic N) is 2. The van der Waals surface area contributed by atoms with Gasteiger partial charge in [-0.05, 0) is 49.8 Å². The molecule has 1 N–H and O–H groups in total. The topological polar surface area (TPSA) is 75.0 Å². The predicted molar refractivity (Wildman–Crippen MR) is 97.9 cm³/mol. The van der Waals surface area contributed by atoms with Gasteiger partial charge in [-0.1, -0.05) is 5.92 Å². The van der Waals surface area contributed by atoms with Crippen molar-refractivity contribution in [3.8, 4) is 24.2 Å². The van der Waals surface area contributed by atoms with E-state index in [4.69, 9.17) is 11.2 Å². The molecule has 0 spiro atoms. The molecule has 1 amide bonds. The van der Waals surface area contributed by atoms with Crippen molar-refractivity contribution in [2.45, 2.75) is 30.2 Å². The quantitative estimate of drug-likeness (QED) is 0.662. The average Bonchev–Trinajstić information content (AvgIpc) is 2.61. The Morgan fingerprint density at radius 1 is 1.48 bits per heavy atom. The van der Waals surface area contributed by atoms with Crippen LogP contribution in [-0.2, 0) is 4.79 Å². The first-order valence-electron chi connectivity index (χ1n) is 7.88. The number of rotatable bonds is 5. The van der Waals surface area contributed by atoms with Gasteiger partial charge in [0, 0.05) is 17.1 Å². The number of amides is 1. The van der Waals surface area contributed by atoms with E-state index in [0.29, 0.717) is 24.2 Å². The van der Waals surface area contributed by atoms with Gasteiger partial charge in [-0.3, -0.25) is 9.78 Å². The summed E-state index contributed by atoms with van der Waals surface area (Å²) in [6.45, 7) is 0. The molecule has 0 radical (unpaired) electrons. The second-order valence-corrected chi connectivity index (χ2v) is 6.84. The number of hydrogen-bond donors (Lipinski definition) is 1. The molecule has 1 heterocycles. The minimum absolute atomic E-state index is 0.288. The zero-order valence-electron chi connectivity index (χ0n) is 13.8. The fraction of sp³-hybridized carbons (Fsp3) is 0.316. The summed E-state index contributed by atoms with van der Waals surface area (Å²) < 4.78 is 5.83. The standard InChI is InChI=1S/C19H17N3O2S/c1-3-13-9-14-10-15(5-6-16(14)21-11-13)24-18(25-2)17(23)22-19(12-20)7-4-8-19/h1,5-6,9-11,18H,4,7-8H2,2H3,(H,22,23). The molecule has 1 unspecified atom stereocenters. The normalized spacial score (nSPS) is 16.1. The number of nitrogens with one attached hydrogen (secondary N) is 1. The van der Waals surface area contributed by atoms with E-state index < -0.39 is 11.0 Å². The number of fused-ring (bicyclic) bond motifs is 1. The van der Waals surface area contributed by atoms with E-state index in [1.165, 1.54) is 11.8 Å². The fourth-order valence-corrected chi connectivity index (χ4v) is 3.16. The second kappa shape index (κ2) is 7.04. The fourth-order valence-electron chi connectivity index (χ4n) is 2.68. The van der Waals surface area contributed by atoms with Crippen LogP contribution in [0.3, 0.4) is 0 Å². The Kier molecular flexibility index (Phi) is 4.83. The highest BCUT2D eigenvalue weighted by Crippen LogP contribution is 2.31. The number of aromatic nitrogens is 1. The molecular weight excluding hydrogens is 334 g/mol. The molecule has 25 heavy (non-hydrogen) atoms. The van der Waals surface area contributed by atoms with Crippen LogP contribution in [0.1, 0.15) is 24.8 Å². The molecule has 0 saturated heterocycles. The number of ether oxygens (including phenoxy) is 1. The molecule has 126 valence electrons. The Morgan fingerprint density at radius 3 is 2.88 bits per heavy atom. The van der Waals surface area contributed by atoms with Crippen LogP contribution in [0.4, 0.5) is 0 Å². The van der Waals surface area contributed by atoms with E-state index in [9.17, 15) is 10.1 Å². The summed E-state index contributed by atoms with van der Waals surface area (Å²) in [6.07, 6.45) is 11.2. The highest BCUT2D eigenvalue weighted by Gasteiger charge is 2.40. The molecule has 1 aromatic heterocycles. The highest BCUT2D eigenvalue weighted by molar-refractivity contribution is 7.99. The summed E-state index contributed by atoms with van der Waals surface area (Å²) in [7, 11) is 0. The first-order chi connectivity index (χ1) is 12.1. The summed E-state index contributed by atoms with van der Waals surface area (Å²) in [5.74, 6) is 2.82. The molecule has 0 bridgehead atoms. The van der Waals surface area contributed by atoms with Crippen molar-refractivity contribution in [1.29, 1.82) is 5.26 Å². The Hall–Kier alpha value is -2.70. The minimum Gasteiger partial charge on any atom is -0.470 e. The van der Waals surface area contributed by atoms with E-state index in [1.807, 2.05) is 18.2 Å². The number of carbonyl (C=O) groups excluding carboxylic acids is 1. The molecule has 5 nitrogen and oxygen atoms in total. The lowest BCUT2D eigenvalue weighted by Gasteiger charge is -2.36. The van der Waals surface area contributed by atoms with Crippen molar-refractivity contribution in [2.24, 2.45) is 0 Å². The van der Waals surface area contributed by atoms with Gasteiger partial charge < -0.3 is 10.1 Å². The Balaban J connectivity index is 1.77. The summed E-state index contributed by atoms with van der Waals surface area (Å²) in [5, 5.41) is 12.9. The summed E-state index contributed by atoms with van der Waals surface area (Å²) in [6, 6.07) is 9.45. The largest absolute Gasteiger partial charge is 0.470 e. The van der Waals surface area contributed by atoms with Gasteiger partial charge in [0.1, 0.15) is 11.3 Å². The maximum absolute atomic E-state index is 12.5. The molecular formula is C19H17N3O2S. The monoisotopic (exact) mass is 351 g/mol. The van der Waals surface area contributed by atoms with Crippen LogP contribution in [0.25, 0.3) is 10.9 Å². The summed E-state index contributed by atoms with van der Waals surface area (Å²) in [5.41, 5.74) is 0.0230. The molecule has 1 aliphatic rings. The van der Waals surface area contributed by atoms with Crippen LogP contribution in [0.5, 0.6) is 5.75 Å². The molecule has 1 saturated carbocycles. The third-order valence-corrected chi connectivity index (χ3v) is 5.01. The van der Waals surface area contributed by atoms with Gasteiger partial charge in [0.05, 0.1) is 11.6 Å². The van der Waals surface area contributed by atoms with Crippen molar-refractivity contribution < 1.29 is 9.53 Å². The Labute approximate surface area is 150 Å². The number of benzene rings is 1. The molecule has 0 aliphatic heterocycles. The third-order valence-electron chi connectivity index (χ3n) is 4.27. The van der Waals surface area contributed by atoms with Gasteiger partial charge in [-0.25, -0.2) is 0 Å². The van der Waals surface area contributed by atoms with Crippen molar-refractivity contribution in [1.82, 2.24) is 10.3 Å². The first kappa shape index (κ1) is 17.1. The number of nitriles is 1. The molecule has 6 heteroatoms. The van der Waals surface area contributed by atoms with E-state index >= 15 is 0 Å². The number of terminal acetylenes is 1. The van der Waals surface area contributed by atoms with Gasteiger partial charge in [-0.15, -0.1) is 18.2 Å². The molecule has 1 aromatic carbocycles. The first-order valence-corrected chi connectivity index (χ1v) is 9.17. The van der Waals surface area contributed by atoms with Crippen molar-refractivity contribution >= 4 is 28.6 Å². The van der Waals surface area contributed by atoms with E-state index in [1.54, 1.807) is 18.5 Å². The van der Waals surface area contributed by atoms with Gasteiger partial charge in [0.25, 0.3) is 5.91 Å². The zero-order chi connectivity index (χ0) is 17.9. The lowest BCUT2D eigenvalue weighted by Crippen LogP contribution is -2.55. The molecule has 1 aliphatic carbocycles. The second-order valence-electron chi connectivity index (χ2n) is 5.95. The highest BCUT2D eigenvalue weighted by atomic mass is 32.2. The van der Waals surface area contributed by atoms with Crippen LogP contribution < -0.4 is 10.1 Å². The van der Waals surface area contributed by atoms with Crippen LogP contribution in [0.15, 0.2) is 30.5 Å². The average molecular weight is 351 g/mol. The SMILES string of the molecule is C#Cc1cnc2ccc(OC(SC)C(=O)NC3(C#N)CCC3)cc2c1. The van der Waals surface area contributed by atoms with Crippen LogP contribution in [0.2, 0.25) is 0 Å². The molecule has 1 fully saturated rings. The van der Waals surface area contributed by atoms with Crippen molar-refractivity contribution in [3.63, 3.8) is 0 Å². The van der Waals surface area contributed by atoms with Crippen LogP contribution in [-0.4, -0.2) is 28.1 Å². The van der Waals surface area contributed by atoms with Crippen LogP contribution >= 0.6 is 11.8 Å².